The predicted octanol–water partition coefficient (Wildman–Crippen LogP) is 5.33. The first-order valence-electron chi connectivity index (χ1n) is 9.48. The summed E-state index contributed by atoms with van der Waals surface area (Å²) in [5, 5.41) is 21.7. The summed E-state index contributed by atoms with van der Waals surface area (Å²) < 4.78 is 47.6. The molecule has 8 heteroatoms. The molecule has 0 fully saturated rings. The van der Waals surface area contributed by atoms with Crippen LogP contribution in [0.5, 0.6) is 11.5 Å². The molecule has 0 aliphatic heterocycles. The SMILES string of the molecule is CCC(Oc1ccc(F)c(NCc2cc(O)cc(-c3cccc(F)c3)c2)c1F)C(=O)O. The van der Waals surface area contributed by atoms with Crippen molar-refractivity contribution in [1.82, 2.24) is 0 Å². The Morgan fingerprint density at radius 3 is 2.52 bits per heavy atom. The molecule has 0 saturated carbocycles. The van der Waals surface area contributed by atoms with E-state index in [0.29, 0.717) is 16.7 Å². The highest BCUT2D eigenvalue weighted by Gasteiger charge is 2.21. The Morgan fingerprint density at radius 1 is 1.06 bits per heavy atom. The van der Waals surface area contributed by atoms with Crippen molar-refractivity contribution in [3.63, 3.8) is 0 Å². The van der Waals surface area contributed by atoms with Gasteiger partial charge in [0.25, 0.3) is 0 Å². The van der Waals surface area contributed by atoms with Crippen LogP contribution in [0.25, 0.3) is 11.1 Å². The quantitative estimate of drug-likeness (QED) is 0.449. The summed E-state index contributed by atoms with van der Waals surface area (Å²) in [5.74, 6) is -4.14. The second-order valence-electron chi connectivity index (χ2n) is 6.84. The topological polar surface area (TPSA) is 78.8 Å². The molecule has 162 valence electrons. The maximum absolute atomic E-state index is 14.8. The number of nitrogens with one attached hydrogen (secondary N) is 1. The number of benzene rings is 3. The molecule has 0 saturated heterocycles. The zero-order valence-corrected chi connectivity index (χ0v) is 16.5. The van der Waals surface area contributed by atoms with Crippen LogP contribution < -0.4 is 10.1 Å². The van der Waals surface area contributed by atoms with Crippen LogP contribution in [0.3, 0.4) is 0 Å². The molecular formula is C23H20F3NO4. The van der Waals surface area contributed by atoms with Crippen LogP contribution in [0.1, 0.15) is 18.9 Å². The lowest BCUT2D eigenvalue weighted by molar-refractivity contribution is -0.145. The molecule has 3 rings (SSSR count). The number of ether oxygens (including phenoxy) is 1. The van der Waals surface area contributed by atoms with Gasteiger partial charge in [-0.25, -0.2) is 18.0 Å². The van der Waals surface area contributed by atoms with E-state index in [9.17, 15) is 23.1 Å². The zero-order valence-electron chi connectivity index (χ0n) is 16.5. The van der Waals surface area contributed by atoms with E-state index in [4.69, 9.17) is 9.84 Å². The molecule has 0 aliphatic carbocycles. The van der Waals surface area contributed by atoms with Crippen LogP contribution in [-0.2, 0) is 11.3 Å². The van der Waals surface area contributed by atoms with Crippen molar-refractivity contribution in [2.45, 2.75) is 26.0 Å². The van der Waals surface area contributed by atoms with Gasteiger partial charge >= 0.3 is 5.97 Å². The van der Waals surface area contributed by atoms with Crippen molar-refractivity contribution in [2.75, 3.05) is 5.32 Å². The Balaban J connectivity index is 1.84. The van der Waals surface area contributed by atoms with Crippen molar-refractivity contribution < 1.29 is 32.9 Å². The lowest BCUT2D eigenvalue weighted by Gasteiger charge is -2.16. The molecule has 1 atom stereocenters. The molecule has 3 aromatic rings. The van der Waals surface area contributed by atoms with E-state index in [1.165, 1.54) is 30.3 Å². The first kappa shape index (κ1) is 22.0. The van der Waals surface area contributed by atoms with Gasteiger partial charge in [-0.15, -0.1) is 0 Å². The Hall–Kier alpha value is -3.68. The number of carboxylic acids is 1. The fraction of sp³-hybridized carbons (Fsp3) is 0.174. The highest BCUT2D eigenvalue weighted by molar-refractivity contribution is 5.72. The number of hydrogen-bond acceptors (Lipinski definition) is 4. The molecule has 0 radical (unpaired) electrons. The normalized spacial score (nSPS) is 11.7. The van der Waals surface area contributed by atoms with Crippen LogP contribution in [0, 0.1) is 17.5 Å². The largest absolute Gasteiger partial charge is 0.508 e. The number of carbonyl (C=O) groups is 1. The fourth-order valence-electron chi connectivity index (χ4n) is 3.05. The van der Waals surface area contributed by atoms with Crippen molar-refractivity contribution in [3.05, 3.63) is 77.6 Å². The van der Waals surface area contributed by atoms with E-state index in [0.717, 1.165) is 12.1 Å². The third kappa shape index (κ3) is 5.28. The summed E-state index contributed by atoms with van der Waals surface area (Å²) in [5.41, 5.74) is 1.06. The Labute approximate surface area is 176 Å². The van der Waals surface area contributed by atoms with Crippen molar-refractivity contribution in [1.29, 1.82) is 0 Å². The van der Waals surface area contributed by atoms with Gasteiger partial charge in [-0.05, 0) is 65.6 Å². The fourth-order valence-corrected chi connectivity index (χ4v) is 3.05. The van der Waals surface area contributed by atoms with Gasteiger partial charge in [0.05, 0.1) is 0 Å². The second-order valence-corrected chi connectivity index (χ2v) is 6.84. The van der Waals surface area contributed by atoms with E-state index in [2.05, 4.69) is 5.32 Å². The molecule has 0 aromatic heterocycles. The Bertz CT molecular complexity index is 1100. The minimum Gasteiger partial charge on any atom is -0.508 e. The van der Waals surface area contributed by atoms with E-state index in [1.807, 2.05) is 0 Å². The summed E-state index contributed by atoms with van der Waals surface area (Å²) in [6.07, 6.45) is -1.17. The molecular weight excluding hydrogens is 411 g/mol. The van der Waals surface area contributed by atoms with Gasteiger partial charge < -0.3 is 20.3 Å². The zero-order chi connectivity index (χ0) is 22.5. The van der Waals surface area contributed by atoms with E-state index >= 15 is 0 Å². The number of rotatable bonds is 8. The number of anilines is 1. The highest BCUT2D eigenvalue weighted by atomic mass is 19.1. The van der Waals surface area contributed by atoms with Crippen molar-refractivity contribution >= 4 is 11.7 Å². The van der Waals surface area contributed by atoms with Gasteiger partial charge in [-0.3, -0.25) is 0 Å². The third-order valence-corrected chi connectivity index (χ3v) is 4.58. The number of phenols is 1. The van der Waals surface area contributed by atoms with Crippen LogP contribution in [0.4, 0.5) is 18.9 Å². The number of phenolic OH excluding ortho intramolecular Hbond substituents is 1. The van der Waals surface area contributed by atoms with E-state index in [1.54, 1.807) is 19.1 Å². The Kier molecular flexibility index (Phi) is 6.69. The van der Waals surface area contributed by atoms with Gasteiger partial charge in [0, 0.05) is 6.54 Å². The molecule has 0 spiro atoms. The van der Waals surface area contributed by atoms with E-state index < -0.39 is 41.0 Å². The van der Waals surface area contributed by atoms with Crippen LogP contribution in [0.2, 0.25) is 0 Å². The third-order valence-electron chi connectivity index (χ3n) is 4.58. The van der Waals surface area contributed by atoms with Gasteiger partial charge in [0.1, 0.15) is 23.1 Å². The molecule has 3 N–H and O–H groups in total. The lowest BCUT2D eigenvalue weighted by Crippen LogP contribution is -2.26. The van der Waals surface area contributed by atoms with E-state index in [-0.39, 0.29) is 18.7 Å². The summed E-state index contributed by atoms with van der Waals surface area (Å²) >= 11 is 0. The van der Waals surface area contributed by atoms with Crippen molar-refractivity contribution in [3.8, 4) is 22.6 Å². The molecule has 31 heavy (non-hydrogen) atoms. The molecule has 0 amide bonds. The first-order chi connectivity index (χ1) is 14.8. The second kappa shape index (κ2) is 9.42. The van der Waals surface area contributed by atoms with Gasteiger partial charge in [0.2, 0.25) is 0 Å². The standard InChI is InChI=1S/C23H20F3NO4/c1-2-19(23(29)30)31-20-7-6-18(25)22(21(20)26)27-12-13-8-15(11-17(28)9-13)14-4-3-5-16(24)10-14/h3-11,19,27-28H,2,12H2,1H3,(H,29,30). The Morgan fingerprint density at radius 2 is 1.84 bits per heavy atom. The molecule has 5 nitrogen and oxygen atoms in total. The van der Waals surface area contributed by atoms with Gasteiger partial charge in [-0.1, -0.05) is 19.1 Å². The van der Waals surface area contributed by atoms with Crippen LogP contribution in [-0.4, -0.2) is 22.3 Å². The summed E-state index contributed by atoms with van der Waals surface area (Å²) in [4.78, 5) is 11.1. The average Bonchev–Trinajstić information content (AvgIpc) is 2.72. The van der Waals surface area contributed by atoms with Gasteiger partial charge in [0.15, 0.2) is 17.7 Å². The monoisotopic (exact) mass is 431 g/mol. The van der Waals surface area contributed by atoms with Crippen molar-refractivity contribution in [2.24, 2.45) is 0 Å². The molecule has 1 unspecified atom stereocenters. The maximum Gasteiger partial charge on any atom is 0.344 e. The van der Waals surface area contributed by atoms with Crippen LogP contribution >= 0.6 is 0 Å². The highest BCUT2D eigenvalue weighted by Crippen LogP contribution is 2.30. The molecule has 0 aliphatic rings. The smallest absolute Gasteiger partial charge is 0.344 e. The van der Waals surface area contributed by atoms with Crippen LogP contribution in [0.15, 0.2) is 54.6 Å². The lowest BCUT2D eigenvalue weighted by atomic mass is 10.0. The number of halogens is 3. The minimum atomic E-state index is -1.27. The number of aliphatic carboxylic acids is 1. The maximum atomic E-state index is 14.8. The number of hydrogen-bond donors (Lipinski definition) is 3. The summed E-state index contributed by atoms with van der Waals surface area (Å²) in [6.45, 7) is 1.50. The summed E-state index contributed by atoms with van der Waals surface area (Å²) in [6, 6.07) is 12.3. The minimum absolute atomic E-state index is 0.0653. The van der Waals surface area contributed by atoms with Gasteiger partial charge in [-0.2, -0.15) is 0 Å². The number of carboxylic acid groups (broad SMARTS) is 1. The molecule has 0 bridgehead atoms. The molecule has 0 heterocycles. The average molecular weight is 431 g/mol. The number of aromatic hydroxyl groups is 1. The first-order valence-corrected chi connectivity index (χ1v) is 9.48. The summed E-state index contributed by atoms with van der Waals surface area (Å²) in [7, 11) is 0. The molecule has 3 aromatic carbocycles. The predicted molar refractivity (Wildman–Crippen MR) is 110 cm³/mol.